The molecule has 2 aromatic rings. The van der Waals surface area contributed by atoms with Crippen LogP contribution in [-0.2, 0) is 0 Å². The first-order valence-corrected chi connectivity index (χ1v) is 5.98. The number of methoxy groups -OCH3 is 2. The lowest BCUT2D eigenvalue weighted by Gasteiger charge is -2.12. The Morgan fingerprint density at radius 3 is 2.62 bits per heavy atom. The first-order valence-electron chi connectivity index (χ1n) is 4.52. The molecule has 0 bridgehead atoms. The molecule has 0 N–H and O–H groups in total. The second-order valence-corrected chi connectivity index (χ2v) is 4.71. The zero-order valence-corrected chi connectivity index (χ0v) is 11.7. The van der Waals surface area contributed by atoms with Crippen LogP contribution in [0.25, 0.3) is 10.8 Å². The van der Waals surface area contributed by atoms with E-state index >= 15 is 0 Å². The third-order valence-electron chi connectivity index (χ3n) is 2.29. The van der Waals surface area contributed by atoms with Gasteiger partial charge in [-0.2, -0.15) is 0 Å². The van der Waals surface area contributed by atoms with Gasteiger partial charge in [-0.1, -0.05) is 11.6 Å². The summed E-state index contributed by atoms with van der Waals surface area (Å²) in [6.45, 7) is 0. The zero-order chi connectivity index (χ0) is 11.7. The third kappa shape index (κ3) is 1.80. The van der Waals surface area contributed by atoms with E-state index in [-0.39, 0.29) is 0 Å². The summed E-state index contributed by atoms with van der Waals surface area (Å²) < 4.78 is 11.6. The van der Waals surface area contributed by atoms with Gasteiger partial charge in [-0.25, -0.2) is 0 Å². The Hall–Kier alpha value is -0.750. The van der Waals surface area contributed by atoms with Crippen molar-refractivity contribution in [2.75, 3.05) is 14.2 Å². The van der Waals surface area contributed by atoms with Gasteiger partial charge in [-0.15, -0.1) is 0 Å². The smallest absolute Gasteiger partial charge is 0.146 e. The highest BCUT2D eigenvalue weighted by atomic mass is 127. The lowest BCUT2D eigenvalue weighted by molar-refractivity contribution is 0.410. The van der Waals surface area contributed by atoms with Crippen molar-refractivity contribution in [3.63, 3.8) is 0 Å². The van der Waals surface area contributed by atoms with Gasteiger partial charge >= 0.3 is 0 Å². The molecule has 0 radical (unpaired) electrons. The molecule has 0 aliphatic carbocycles. The van der Waals surface area contributed by atoms with Crippen LogP contribution in [-0.4, -0.2) is 19.2 Å². The molecule has 0 aliphatic heterocycles. The minimum atomic E-state index is 0.538. The van der Waals surface area contributed by atoms with Crippen molar-refractivity contribution in [2.45, 2.75) is 0 Å². The van der Waals surface area contributed by atoms with Crippen LogP contribution in [0.2, 0.25) is 5.02 Å². The van der Waals surface area contributed by atoms with Crippen molar-refractivity contribution in [1.29, 1.82) is 0 Å². The van der Waals surface area contributed by atoms with Crippen molar-refractivity contribution in [3.8, 4) is 11.5 Å². The van der Waals surface area contributed by atoms with Gasteiger partial charge in [-0.3, -0.25) is 4.98 Å². The molecule has 0 atom stereocenters. The molecule has 0 amide bonds. The summed E-state index contributed by atoms with van der Waals surface area (Å²) in [4.78, 5) is 4.14. The molecule has 0 saturated heterocycles. The Labute approximate surface area is 112 Å². The number of ether oxygens (including phenoxy) is 2. The Morgan fingerprint density at radius 1 is 1.25 bits per heavy atom. The minimum Gasteiger partial charge on any atom is -0.496 e. The summed E-state index contributed by atoms with van der Waals surface area (Å²) in [7, 11) is 3.21. The predicted octanol–water partition coefficient (Wildman–Crippen LogP) is 3.51. The largest absolute Gasteiger partial charge is 0.496 e. The van der Waals surface area contributed by atoms with Gasteiger partial charge in [0, 0.05) is 32.8 Å². The summed E-state index contributed by atoms with van der Waals surface area (Å²) in [5.41, 5.74) is 0. The van der Waals surface area contributed by atoms with Gasteiger partial charge in [-0.05, 0) is 22.6 Å². The molecule has 1 heterocycles. The first-order chi connectivity index (χ1) is 7.69. The first kappa shape index (κ1) is 11.7. The van der Waals surface area contributed by atoms with Crippen LogP contribution in [0.4, 0.5) is 0 Å². The van der Waals surface area contributed by atoms with E-state index in [4.69, 9.17) is 21.1 Å². The number of nitrogens with zero attached hydrogens (tertiary/aromatic N) is 1. The second kappa shape index (κ2) is 4.63. The molecular weight excluding hydrogens is 340 g/mol. The molecular formula is C11H9ClINO2. The maximum Gasteiger partial charge on any atom is 0.146 e. The lowest BCUT2D eigenvalue weighted by atomic mass is 10.1. The van der Waals surface area contributed by atoms with E-state index in [1.165, 1.54) is 0 Å². The van der Waals surface area contributed by atoms with E-state index in [9.17, 15) is 0 Å². The molecule has 5 heteroatoms. The average molecular weight is 350 g/mol. The topological polar surface area (TPSA) is 31.4 Å². The Morgan fingerprint density at radius 2 is 2.00 bits per heavy atom. The SMILES string of the molecule is COc1cc(Cl)c(OC)c2c(I)cncc12. The Balaban J connectivity index is 2.94. The minimum absolute atomic E-state index is 0.538. The Kier molecular flexibility index (Phi) is 3.39. The van der Waals surface area contributed by atoms with Crippen LogP contribution in [0, 0.1) is 3.57 Å². The van der Waals surface area contributed by atoms with E-state index in [2.05, 4.69) is 27.6 Å². The van der Waals surface area contributed by atoms with Gasteiger partial charge in [0.25, 0.3) is 0 Å². The number of benzene rings is 1. The fourth-order valence-electron chi connectivity index (χ4n) is 1.60. The summed E-state index contributed by atoms with van der Waals surface area (Å²) in [5, 5.41) is 2.37. The molecule has 2 rings (SSSR count). The van der Waals surface area contributed by atoms with E-state index in [1.807, 2.05) is 0 Å². The van der Waals surface area contributed by atoms with Crippen LogP contribution in [0.1, 0.15) is 0 Å². The molecule has 0 aliphatic rings. The third-order valence-corrected chi connectivity index (χ3v) is 3.39. The summed E-state index contributed by atoms with van der Waals surface area (Å²) in [6, 6.07) is 1.74. The van der Waals surface area contributed by atoms with Crippen molar-refractivity contribution < 1.29 is 9.47 Å². The molecule has 0 unspecified atom stereocenters. The lowest BCUT2D eigenvalue weighted by Crippen LogP contribution is -1.93. The van der Waals surface area contributed by atoms with Gasteiger partial charge in [0.1, 0.15) is 11.5 Å². The number of hydrogen-bond acceptors (Lipinski definition) is 3. The molecule has 0 saturated carbocycles. The van der Waals surface area contributed by atoms with Gasteiger partial charge in [0.15, 0.2) is 0 Å². The number of rotatable bonds is 2. The highest BCUT2D eigenvalue weighted by Gasteiger charge is 2.14. The summed E-state index contributed by atoms with van der Waals surface area (Å²) in [5.74, 6) is 1.36. The van der Waals surface area contributed by atoms with E-state index in [0.717, 1.165) is 14.3 Å². The maximum absolute atomic E-state index is 6.13. The molecule has 84 valence electrons. The predicted molar refractivity (Wildman–Crippen MR) is 72.6 cm³/mol. The van der Waals surface area contributed by atoms with Gasteiger partial charge in [0.2, 0.25) is 0 Å². The van der Waals surface area contributed by atoms with Gasteiger partial charge in [0.05, 0.1) is 19.2 Å². The van der Waals surface area contributed by atoms with Crippen molar-refractivity contribution in [1.82, 2.24) is 4.98 Å². The van der Waals surface area contributed by atoms with Crippen LogP contribution in [0.3, 0.4) is 0 Å². The summed E-state index contributed by atoms with van der Waals surface area (Å²) in [6.07, 6.45) is 3.51. The molecule has 1 aromatic heterocycles. The monoisotopic (exact) mass is 349 g/mol. The van der Waals surface area contributed by atoms with Crippen LogP contribution >= 0.6 is 34.2 Å². The second-order valence-electron chi connectivity index (χ2n) is 3.14. The van der Waals surface area contributed by atoms with Crippen molar-refractivity contribution in [3.05, 3.63) is 27.1 Å². The maximum atomic E-state index is 6.13. The number of halogens is 2. The number of hydrogen-bond donors (Lipinski definition) is 0. The van der Waals surface area contributed by atoms with Crippen LogP contribution < -0.4 is 9.47 Å². The molecule has 0 fully saturated rings. The number of fused-ring (bicyclic) bond motifs is 1. The number of pyridine rings is 1. The molecule has 0 spiro atoms. The zero-order valence-electron chi connectivity index (χ0n) is 8.75. The van der Waals surface area contributed by atoms with Crippen LogP contribution in [0.5, 0.6) is 11.5 Å². The highest BCUT2D eigenvalue weighted by Crippen LogP contribution is 2.40. The van der Waals surface area contributed by atoms with Crippen molar-refractivity contribution in [2.24, 2.45) is 0 Å². The fourth-order valence-corrected chi connectivity index (χ4v) is 2.57. The van der Waals surface area contributed by atoms with Crippen LogP contribution in [0.15, 0.2) is 18.5 Å². The molecule has 16 heavy (non-hydrogen) atoms. The number of aromatic nitrogens is 1. The Bertz CT molecular complexity index is 545. The molecule has 3 nitrogen and oxygen atoms in total. The highest BCUT2D eigenvalue weighted by molar-refractivity contribution is 14.1. The van der Waals surface area contributed by atoms with Crippen molar-refractivity contribution >= 4 is 45.0 Å². The quantitative estimate of drug-likeness (QED) is 0.778. The van der Waals surface area contributed by atoms with E-state index in [1.54, 1.807) is 32.7 Å². The fraction of sp³-hybridized carbons (Fsp3) is 0.182. The van der Waals surface area contributed by atoms with Gasteiger partial charge < -0.3 is 9.47 Å². The average Bonchev–Trinajstić information content (AvgIpc) is 2.29. The molecule has 1 aromatic carbocycles. The van der Waals surface area contributed by atoms with E-state index < -0.39 is 0 Å². The summed E-state index contributed by atoms with van der Waals surface area (Å²) >= 11 is 8.33. The normalized spacial score (nSPS) is 10.5. The van der Waals surface area contributed by atoms with E-state index in [0.29, 0.717) is 16.5 Å². The standard InChI is InChI=1S/C11H9ClINO2/c1-15-9-3-7(12)11(16-2)10-6(9)4-14-5-8(10)13/h3-5H,1-2H3.